The molecule has 0 aliphatic carbocycles. The van der Waals surface area contributed by atoms with E-state index in [1.165, 1.54) is 0 Å². The first-order valence-corrected chi connectivity index (χ1v) is 5.33. The summed E-state index contributed by atoms with van der Waals surface area (Å²) in [7, 11) is 1.87. The fraction of sp³-hybridized carbons (Fsp3) is 0.900. The van der Waals surface area contributed by atoms with Crippen LogP contribution in [0.2, 0.25) is 0 Å². The Hall–Kier alpha value is -0.770. The number of urea groups is 1. The van der Waals surface area contributed by atoms with Crippen molar-refractivity contribution in [2.24, 2.45) is 0 Å². The molecule has 1 aliphatic rings. The van der Waals surface area contributed by atoms with Gasteiger partial charge in [0.05, 0.1) is 13.2 Å². The highest BCUT2D eigenvalue weighted by molar-refractivity contribution is 5.74. The van der Waals surface area contributed by atoms with Crippen molar-refractivity contribution in [2.45, 2.75) is 19.8 Å². The number of ether oxygens (including phenoxy) is 1. The SMILES string of the molecule is CCCCN(C)C(=O)N1CCOCC1. The number of carbonyl (C=O) groups is 1. The lowest BCUT2D eigenvalue weighted by molar-refractivity contribution is 0.0452. The monoisotopic (exact) mass is 200 g/mol. The molecule has 1 aliphatic heterocycles. The molecular formula is C10H20N2O2. The summed E-state index contributed by atoms with van der Waals surface area (Å²) in [6.07, 6.45) is 2.20. The molecule has 4 nitrogen and oxygen atoms in total. The first-order chi connectivity index (χ1) is 6.75. The molecule has 14 heavy (non-hydrogen) atoms. The van der Waals surface area contributed by atoms with Crippen LogP contribution in [0.5, 0.6) is 0 Å². The number of rotatable bonds is 3. The van der Waals surface area contributed by atoms with Crippen molar-refractivity contribution in [3.8, 4) is 0 Å². The quantitative estimate of drug-likeness (QED) is 0.685. The minimum absolute atomic E-state index is 0.141. The summed E-state index contributed by atoms with van der Waals surface area (Å²) in [6.45, 7) is 5.80. The molecule has 1 heterocycles. The zero-order valence-corrected chi connectivity index (χ0v) is 9.16. The lowest BCUT2D eigenvalue weighted by Crippen LogP contribution is -2.47. The van der Waals surface area contributed by atoms with Gasteiger partial charge in [0.1, 0.15) is 0 Å². The molecule has 0 aromatic heterocycles. The second-order valence-corrected chi connectivity index (χ2v) is 3.66. The van der Waals surface area contributed by atoms with Crippen molar-refractivity contribution in [3.05, 3.63) is 0 Å². The van der Waals surface area contributed by atoms with Gasteiger partial charge in [-0.15, -0.1) is 0 Å². The highest BCUT2D eigenvalue weighted by Gasteiger charge is 2.19. The summed E-state index contributed by atoms with van der Waals surface area (Å²) in [5.41, 5.74) is 0. The van der Waals surface area contributed by atoms with E-state index in [-0.39, 0.29) is 6.03 Å². The molecule has 0 unspecified atom stereocenters. The van der Waals surface area contributed by atoms with E-state index in [4.69, 9.17) is 4.74 Å². The standard InChI is InChI=1S/C10H20N2O2/c1-3-4-5-11(2)10(13)12-6-8-14-9-7-12/h3-9H2,1-2H3. The third-order valence-electron chi connectivity index (χ3n) is 2.46. The lowest BCUT2D eigenvalue weighted by Gasteiger charge is -2.30. The number of carbonyl (C=O) groups excluding carboxylic acids is 1. The number of hydrogen-bond donors (Lipinski definition) is 0. The largest absolute Gasteiger partial charge is 0.378 e. The third-order valence-corrected chi connectivity index (χ3v) is 2.46. The maximum Gasteiger partial charge on any atom is 0.319 e. The fourth-order valence-corrected chi connectivity index (χ4v) is 1.49. The smallest absolute Gasteiger partial charge is 0.319 e. The average Bonchev–Trinajstić information content (AvgIpc) is 2.26. The molecule has 1 rings (SSSR count). The van der Waals surface area contributed by atoms with E-state index < -0.39 is 0 Å². The van der Waals surface area contributed by atoms with Crippen LogP contribution in [-0.2, 0) is 4.74 Å². The summed E-state index contributed by atoms with van der Waals surface area (Å²) in [6, 6.07) is 0.141. The molecule has 0 aromatic rings. The van der Waals surface area contributed by atoms with Crippen molar-refractivity contribution in [3.63, 3.8) is 0 Å². The molecule has 0 spiro atoms. The topological polar surface area (TPSA) is 32.8 Å². The maximum absolute atomic E-state index is 11.8. The van der Waals surface area contributed by atoms with Crippen LogP contribution in [-0.4, -0.2) is 55.7 Å². The van der Waals surface area contributed by atoms with Gasteiger partial charge in [0.15, 0.2) is 0 Å². The van der Waals surface area contributed by atoms with Crippen LogP contribution < -0.4 is 0 Å². The zero-order chi connectivity index (χ0) is 10.4. The van der Waals surface area contributed by atoms with Gasteiger partial charge >= 0.3 is 6.03 Å². The molecular weight excluding hydrogens is 180 g/mol. The normalized spacial score (nSPS) is 16.9. The second-order valence-electron chi connectivity index (χ2n) is 3.66. The molecule has 0 aromatic carbocycles. The average molecular weight is 200 g/mol. The molecule has 0 bridgehead atoms. The fourth-order valence-electron chi connectivity index (χ4n) is 1.49. The number of nitrogens with zero attached hydrogens (tertiary/aromatic N) is 2. The molecule has 0 N–H and O–H groups in total. The van der Waals surface area contributed by atoms with Gasteiger partial charge in [0.25, 0.3) is 0 Å². The van der Waals surface area contributed by atoms with E-state index in [1.54, 1.807) is 4.90 Å². The Morgan fingerprint density at radius 3 is 2.64 bits per heavy atom. The van der Waals surface area contributed by atoms with E-state index in [1.807, 2.05) is 11.9 Å². The summed E-state index contributed by atoms with van der Waals surface area (Å²) in [4.78, 5) is 15.5. The summed E-state index contributed by atoms with van der Waals surface area (Å²) in [5, 5.41) is 0. The molecule has 2 amide bonds. The Morgan fingerprint density at radius 2 is 2.07 bits per heavy atom. The summed E-state index contributed by atoms with van der Waals surface area (Å²) < 4.78 is 5.20. The maximum atomic E-state index is 11.8. The van der Waals surface area contributed by atoms with E-state index in [9.17, 15) is 4.79 Å². The van der Waals surface area contributed by atoms with Crippen molar-refractivity contribution >= 4 is 6.03 Å². The highest BCUT2D eigenvalue weighted by atomic mass is 16.5. The van der Waals surface area contributed by atoms with E-state index in [2.05, 4.69) is 6.92 Å². The van der Waals surface area contributed by atoms with Crippen LogP contribution in [0.1, 0.15) is 19.8 Å². The highest BCUT2D eigenvalue weighted by Crippen LogP contribution is 2.02. The van der Waals surface area contributed by atoms with Crippen molar-refractivity contribution < 1.29 is 9.53 Å². The van der Waals surface area contributed by atoms with Crippen LogP contribution >= 0.6 is 0 Å². The predicted molar refractivity (Wildman–Crippen MR) is 55.3 cm³/mol. The van der Waals surface area contributed by atoms with Gasteiger partial charge < -0.3 is 14.5 Å². The van der Waals surface area contributed by atoms with Gasteiger partial charge in [-0.05, 0) is 6.42 Å². The van der Waals surface area contributed by atoms with Crippen LogP contribution in [0.15, 0.2) is 0 Å². The van der Waals surface area contributed by atoms with Crippen LogP contribution in [0, 0.1) is 0 Å². The van der Waals surface area contributed by atoms with Gasteiger partial charge in [-0.3, -0.25) is 0 Å². The number of amides is 2. The predicted octanol–water partition coefficient (Wildman–Crippen LogP) is 1.17. The third kappa shape index (κ3) is 3.18. The van der Waals surface area contributed by atoms with Crippen LogP contribution in [0.4, 0.5) is 4.79 Å². The number of morpholine rings is 1. The summed E-state index contributed by atoms with van der Waals surface area (Å²) in [5.74, 6) is 0. The van der Waals surface area contributed by atoms with Gasteiger partial charge in [0, 0.05) is 26.7 Å². The first-order valence-electron chi connectivity index (χ1n) is 5.33. The van der Waals surface area contributed by atoms with Crippen molar-refractivity contribution in [1.82, 2.24) is 9.80 Å². The Morgan fingerprint density at radius 1 is 1.43 bits per heavy atom. The van der Waals surface area contributed by atoms with Gasteiger partial charge in [-0.1, -0.05) is 13.3 Å². The minimum atomic E-state index is 0.141. The molecule has 1 saturated heterocycles. The molecule has 0 radical (unpaired) electrons. The zero-order valence-electron chi connectivity index (χ0n) is 9.16. The van der Waals surface area contributed by atoms with Gasteiger partial charge in [-0.25, -0.2) is 4.79 Å². The molecule has 4 heteroatoms. The lowest BCUT2D eigenvalue weighted by atomic mass is 10.3. The van der Waals surface area contributed by atoms with Gasteiger partial charge in [0.2, 0.25) is 0 Å². The van der Waals surface area contributed by atoms with E-state index in [0.29, 0.717) is 13.2 Å². The molecule has 0 saturated carbocycles. The Balaban J connectivity index is 2.30. The minimum Gasteiger partial charge on any atom is -0.378 e. The van der Waals surface area contributed by atoms with Crippen molar-refractivity contribution in [1.29, 1.82) is 0 Å². The van der Waals surface area contributed by atoms with E-state index in [0.717, 1.165) is 32.5 Å². The van der Waals surface area contributed by atoms with Crippen molar-refractivity contribution in [2.75, 3.05) is 39.9 Å². The Kier molecular flexibility index (Phi) is 4.73. The van der Waals surface area contributed by atoms with Crippen LogP contribution in [0.3, 0.4) is 0 Å². The molecule has 0 atom stereocenters. The second kappa shape index (κ2) is 5.86. The number of hydrogen-bond acceptors (Lipinski definition) is 2. The van der Waals surface area contributed by atoms with E-state index >= 15 is 0 Å². The Bertz CT molecular complexity index is 179. The summed E-state index contributed by atoms with van der Waals surface area (Å²) >= 11 is 0. The van der Waals surface area contributed by atoms with Gasteiger partial charge in [-0.2, -0.15) is 0 Å². The molecule has 82 valence electrons. The van der Waals surface area contributed by atoms with Crippen LogP contribution in [0.25, 0.3) is 0 Å². The Labute approximate surface area is 85.8 Å². The first kappa shape index (κ1) is 11.3. The molecule has 1 fully saturated rings. The number of unbranched alkanes of at least 4 members (excludes halogenated alkanes) is 1.